The van der Waals surface area contributed by atoms with E-state index in [-0.39, 0.29) is 0 Å². The third kappa shape index (κ3) is 5.45. The summed E-state index contributed by atoms with van der Waals surface area (Å²) in [6.07, 6.45) is 12.1. The summed E-state index contributed by atoms with van der Waals surface area (Å²) < 4.78 is 0. The van der Waals surface area contributed by atoms with Gasteiger partial charge in [0.2, 0.25) is 0 Å². The van der Waals surface area contributed by atoms with E-state index in [0.717, 1.165) is 11.8 Å². The van der Waals surface area contributed by atoms with Gasteiger partial charge in [0.25, 0.3) is 0 Å². The summed E-state index contributed by atoms with van der Waals surface area (Å²) in [4.78, 5) is 0. The Morgan fingerprint density at radius 1 is 0.636 bits per heavy atom. The first-order chi connectivity index (χ1) is 16.0. The van der Waals surface area contributed by atoms with Gasteiger partial charge < -0.3 is 0 Å². The van der Waals surface area contributed by atoms with Crippen molar-refractivity contribution < 1.29 is 17.0 Å². The molecule has 4 unspecified atom stereocenters. The van der Waals surface area contributed by atoms with Crippen molar-refractivity contribution in [2.24, 2.45) is 35.5 Å². The molecule has 0 aromatic heterocycles. The average Bonchev–Trinajstić information content (AvgIpc) is 3.43. The van der Waals surface area contributed by atoms with Gasteiger partial charge in [0.05, 0.1) is 0 Å². The van der Waals surface area contributed by atoms with Crippen LogP contribution in [-0.2, 0) is 17.0 Å². The molecule has 0 bridgehead atoms. The van der Waals surface area contributed by atoms with E-state index in [1.807, 2.05) is 0 Å². The molecular formula is C30H34Cl2Ti. The number of benzene rings is 2. The summed E-state index contributed by atoms with van der Waals surface area (Å²) >= 11 is -0.556. The molecule has 6 radical (unpaired) electrons. The van der Waals surface area contributed by atoms with Crippen molar-refractivity contribution in [1.29, 1.82) is 0 Å². The quantitative estimate of drug-likeness (QED) is 0.359. The van der Waals surface area contributed by atoms with Crippen LogP contribution in [0.3, 0.4) is 0 Å². The van der Waals surface area contributed by atoms with E-state index in [1.165, 1.54) is 35.1 Å². The SMILES string of the molecule is CC(C)C1CC([C]2[CH][CH]c3ccccc32)C(C(C)C)CC1[C]1[CH][CH]c2ccccc21.[Cl][Ti][Cl]. The molecule has 4 atom stereocenters. The second-order valence-electron chi connectivity index (χ2n) is 10.3. The van der Waals surface area contributed by atoms with Gasteiger partial charge in [-0.15, -0.1) is 0 Å². The van der Waals surface area contributed by atoms with Crippen LogP contribution in [0.1, 0.15) is 62.8 Å². The van der Waals surface area contributed by atoms with Gasteiger partial charge in [-0.2, -0.15) is 0 Å². The van der Waals surface area contributed by atoms with Crippen LogP contribution in [0.2, 0.25) is 0 Å². The Hall–Kier alpha value is -0.266. The molecule has 3 aliphatic carbocycles. The van der Waals surface area contributed by atoms with E-state index in [4.69, 9.17) is 18.6 Å². The summed E-state index contributed by atoms with van der Waals surface area (Å²) in [6.45, 7) is 9.77. The fourth-order valence-electron chi connectivity index (χ4n) is 6.45. The molecule has 0 N–H and O–H groups in total. The van der Waals surface area contributed by atoms with E-state index in [0.29, 0.717) is 23.7 Å². The van der Waals surface area contributed by atoms with Gasteiger partial charge in [-0.25, -0.2) is 0 Å². The van der Waals surface area contributed by atoms with Gasteiger partial charge in [0.1, 0.15) is 0 Å². The van der Waals surface area contributed by atoms with Gasteiger partial charge in [-0.05, 0) is 96.3 Å². The Labute approximate surface area is 218 Å². The van der Waals surface area contributed by atoms with E-state index in [9.17, 15) is 0 Å². The zero-order chi connectivity index (χ0) is 23.5. The maximum absolute atomic E-state index is 4.89. The van der Waals surface area contributed by atoms with E-state index >= 15 is 0 Å². The molecule has 0 saturated heterocycles. The molecule has 172 valence electrons. The van der Waals surface area contributed by atoms with Crippen LogP contribution >= 0.6 is 18.6 Å². The molecule has 2 aromatic carbocycles. The molecule has 0 spiro atoms. The average molecular weight is 513 g/mol. The Morgan fingerprint density at radius 2 is 1.00 bits per heavy atom. The molecule has 0 amide bonds. The molecular weight excluding hydrogens is 479 g/mol. The van der Waals surface area contributed by atoms with Crippen molar-refractivity contribution in [3.8, 4) is 0 Å². The first-order valence-corrected chi connectivity index (χ1v) is 16.5. The molecule has 0 heterocycles. The summed E-state index contributed by atoms with van der Waals surface area (Å²) in [5, 5.41) is 0. The molecule has 0 nitrogen and oxygen atoms in total. The van der Waals surface area contributed by atoms with Gasteiger partial charge in [0, 0.05) is 11.8 Å². The van der Waals surface area contributed by atoms with Gasteiger partial charge in [-0.1, -0.05) is 76.2 Å². The minimum atomic E-state index is -0.556. The van der Waals surface area contributed by atoms with Crippen molar-refractivity contribution in [2.75, 3.05) is 0 Å². The summed E-state index contributed by atoms with van der Waals surface area (Å²) in [7, 11) is 9.78. The standard InChI is InChI=1S/C30H34.2ClH.Ti/c1-19(2)27-17-30(26-16-14-22-10-6-8-12-24(22)26)28(20(3)4)18-29(27)25-15-13-21-9-5-7-11-23(21)25;;;/h5-16,19-20,27-30H,17-18H2,1-4H3;2*1H;/q;;;+2/p-2. The number of rotatable bonds is 4. The molecule has 1 fully saturated rings. The number of hydrogen-bond acceptors (Lipinski definition) is 0. The van der Waals surface area contributed by atoms with Gasteiger partial charge in [-0.3, -0.25) is 0 Å². The maximum atomic E-state index is 4.89. The second-order valence-corrected chi connectivity index (χ2v) is 12.9. The second kappa shape index (κ2) is 11.6. The molecule has 33 heavy (non-hydrogen) atoms. The molecule has 2 aromatic rings. The molecule has 3 aliphatic rings. The summed E-state index contributed by atoms with van der Waals surface area (Å²) in [5.41, 5.74) is 5.77. The zero-order valence-electron chi connectivity index (χ0n) is 20.1. The van der Waals surface area contributed by atoms with Crippen LogP contribution in [0.15, 0.2) is 48.5 Å². The van der Waals surface area contributed by atoms with Crippen molar-refractivity contribution in [1.82, 2.24) is 0 Å². The monoisotopic (exact) mass is 512 g/mol. The van der Waals surface area contributed by atoms with Gasteiger partial charge in [0.15, 0.2) is 0 Å². The predicted molar refractivity (Wildman–Crippen MR) is 138 cm³/mol. The number of hydrogen-bond donors (Lipinski definition) is 0. The fourth-order valence-corrected chi connectivity index (χ4v) is 6.45. The molecule has 0 aliphatic heterocycles. The minimum absolute atomic E-state index is 0.556. The molecule has 1 saturated carbocycles. The molecule has 5 rings (SSSR count). The van der Waals surface area contributed by atoms with Crippen LogP contribution in [0, 0.1) is 73.0 Å². The van der Waals surface area contributed by atoms with Crippen LogP contribution in [0.25, 0.3) is 0 Å². The van der Waals surface area contributed by atoms with Crippen molar-refractivity contribution >= 4 is 18.6 Å². The first kappa shape index (κ1) is 25.8. The Morgan fingerprint density at radius 3 is 1.36 bits per heavy atom. The Kier molecular flexibility index (Phi) is 9.11. The van der Waals surface area contributed by atoms with E-state index in [1.54, 1.807) is 11.8 Å². The van der Waals surface area contributed by atoms with Crippen LogP contribution in [-0.4, -0.2) is 0 Å². The van der Waals surface area contributed by atoms with Crippen LogP contribution in [0.5, 0.6) is 0 Å². The van der Waals surface area contributed by atoms with Crippen LogP contribution < -0.4 is 0 Å². The fraction of sp³-hybridized carbons (Fsp3) is 0.400. The number of halogens is 2. The zero-order valence-corrected chi connectivity index (χ0v) is 23.1. The Balaban J connectivity index is 0.000000821. The normalized spacial score (nSPS) is 27.3. The van der Waals surface area contributed by atoms with Crippen molar-refractivity contribution in [3.05, 3.63) is 108 Å². The third-order valence-corrected chi connectivity index (χ3v) is 8.03. The van der Waals surface area contributed by atoms with Crippen LogP contribution in [0.4, 0.5) is 0 Å². The number of fused-ring (bicyclic) bond motifs is 2. The summed E-state index contributed by atoms with van der Waals surface area (Å²) in [5.74, 6) is 7.36. The topological polar surface area (TPSA) is 0 Å². The first-order valence-electron chi connectivity index (χ1n) is 12.2. The van der Waals surface area contributed by atoms with Gasteiger partial charge >= 0.3 is 35.6 Å². The van der Waals surface area contributed by atoms with Crippen molar-refractivity contribution in [3.63, 3.8) is 0 Å². The van der Waals surface area contributed by atoms with E-state index < -0.39 is 17.0 Å². The van der Waals surface area contributed by atoms with E-state index in [2.05, 4.69) is 102 Å². The Bertz CT molecular complexity index is 834. The summed E-state index contributed by atoms with van der Waals surface area (Å²) in [6, 6.07) is 18.0. The molecule has 3 heteroatoms. The third-order valence-electron chi connectivity index (χ3n) is 8.03. The van der Waals surface area contributed by atoms with Crippen molar-refractivity contribution in [2.45, 2.75) is 40.5 Å². The predicted octanol–water partition coefficient (Wildman–Crippen LogP) is 8.72.